The van der Waals surface area contributed by atoms with Crippen LogP contribution < -0.4 is 15.2 Å². The lowest BCUT2D eigenvalue weighted by atomic mass is 9.88. The van der Waals surface area contributed by atoms with E-state index in [1.54, 1.807) is 12.0 Å². The number of methoxy groups -OCH3 is 1. The van der Waals surface area contributed by atoms with E-state index < -0.39 is 23.5 Å². The van der Waals surface area contributed by atoms with Crippen molar-refractivity contribution < 1.29 is 23.8 Å². The second kappa shape index (κ2) is 8.51. The van der Waals surface area contributed by atoms with Gasteiger partial charge in [-0.15, -0.1) is 0 Å². The van der Waals surface area contributed by atoms with Crippen LogP contribution >= 0.6 is 0 Å². The number of nitrogens with zero attached hydrogens (tertiary/aromatic N) is 1. The number of primary amides is 1. The number of hydrogen-bond acceptors (Lipinski definition) is 5. The van der Waals surface area contributed by atoms with E-state index in [4.69, 9.17) is 19.9 Å². The smallest absolute Gasteiger partial charge is 0.410 e. The first kappa shape index (κ1) is 21.3. The Hall–Kier alpha value is -2.44. The predicted octanol–water partition coefficient (Wildman–Crippen LogP) is 3.45. The van der Waals surface area contributed by atoms with Crippen LogP contribution in [0.4, 0.5) is 4.79 Å². The molecule has 1 saturated heterocycles. The van der Waals surface area contributed by atoms with Crippen molar-refractivity contribution in [1.82, 2.24) is 4.90 Å². The summed E-state index contributed by atoms with van der Waals surface area (Å²) in [6, 6.07) is 5.70. The predicted molar refractivity (Wildman–Crippen MR) is 109 cm³/mol. The number of nitrogens with two attached hydrogens (primary N) is 1. The lowest BCUT2D eigenvalue weighted by Crippen LogP contribution is -2.36. The van der Waals surface area contributed by atoms with E-state index in [-0.39, 0.29) is 18.6 Å². The van der Waals surface area contributed by atoms with Gasteiger partial charge in [0.2, 0.25) is 5.91 Å². The number of hydrogen-bond donors (Lipinski definition) is 1. The van der Waals surface area contributed by atoms with Gasteiger partial charge in [-0.05, 0) is 64.2 Å². The van der Waals surface area contributed by atoms with E-state index in [1.165, 1.54) is 12.8 Å². The Morgan fingerprint density at radius 3 is 2.38 bits per heavy atom. The highest BCUT2D eigenvalue weighted by Crippen LogP contribution is 2.39. The lowest BCUT2D eigenvalue weighted by molar-refractivity contribution is -0.121. The first-order chi connectivity index (χ1) is 13.7. The van der Waals surface area contributed by atoms with Gasteiger partial charge in [0.25, 0.3) is 0 Å². The van der Waals surface area contributed by atoms with Gasteiger partial charge in [-0.25, -0.2) is 4.79 Å². The molecule has 2 aliphatic rings. The lowest BCUT2D eigenvalue weighted by Gasteiger charge is -2.24. The van der Waals surface area contributed by atoms with E-state index in [9.17, 15) is 9.59 Å². The molecule has 7 heteroatoms. The highest BCUT2D eigenvalue weighted by molar-refractivity contribution is 5.80. The Bertz CT molecular complexity index is 752. The van der Waals surface area contributed by atoms with E-state index in [0.717, 1.165) is 18.4 Å². The normalized spacial score (nSPS) is 22.6. The second-order valence-electron chi connectivity index (χ2n) is 8.94. The van der Waals surface area contributed by atoms with Crippen LogP contribution in [-0.4, -0.2) is 48.8 Å². The Labute approximate surface area is 172 Å². The van der Waals surface area contributed by atoms with Crippen molar-refractivity contribution in [3.05, 3.63) is 23.8 Å². The summed E-state index contributed by atoms with van der Waals surface area (Å²) in [4.78, 5) is 26.2. The first-order valence-electron chi connectivity index (χ1n) is 10.3. The van der Waals surface area contributed by atoms with Crippen molar-refractivity contribution in [2.75, 3.05) is 20.2 Å². The number of carbonyl (C=O) groups excluding carboxylic acids is 2. The molecule has 0 radical (unpaired) electrons. The van der Waals surface area contributed by atoms with Gasteiger partial charge in [-0.1, -0.05) is 6.07 Å². The zero-order valence-electron chi connectivity index (χ0n) is 17.8. The average Bonchev–Trinajstić information content (AvgIpc) is 3.30. The molecule has 0 bridgehead atoms. The standard InChI is InChI=1S/C22H32N2O5/c1-22(2,3)29-21(26)24-12-16(17(13-24)20(23)25)14-9-10-18(27-4)19(11-14)28-15-7-5-6-8-15/h9-11,15-17H,5-8,12-13H2,1-4H3,(H2,23,25). The summed E-state index contributed by atoms with van der Waals surface area (Å²) in [5, 5.41) is 0. The molecule has 1 aromatic carbocycles. The van der Waals surface area contributed by atoms with Gasteiger partial charge in [0.1, 0.15) is 5.60 Å². The molecule has 2 unspecified atom stereocenters. The fourth-order valence-corrected chi connectivity index (χ4v) is 4.11. The Kier molecular flexibility index (Phi) is 6.24. The van der Waals surface area contributed by atoms with E-state index >= 15 is 0 Å². The third-order valence-electron chi connectivity index (χ3n) is 5.55. The fourth-order valence-electron chi connectivity index (χ4n) is 4.11. The molecule has 2 N–H and O–H groups in total. The van der Waals surface area contributed by atoms with Crippen molar-refractivity contribution in [2.45, 2.75) is 64.1 Å². The maximum absolute atomic E-state index is 12.5. The number of amides is 2. The number of rotatable bonds is 5. The maximum Gasteiger partial charge on any atom is 0.410 e. The van der Waals surface area contributed by atoms with Crippen molar-refractivity contribution in [3.63, 3.8) is 0 Å². The van der Waals surface area contributed by atoms with Gasteiger partial charge < -0.3 is 24.8 Å². The van der Waals surface area contributed by atoms with Crippen molar-refractivity contribution >= 4 is 12.0 Å². The summed E-state index contributed by atoms with van der Waals surface area (Å²) in [5.41, 5.74) is 5.98. The Balaban J connectivity index is 1.83. The molecular formula is C22H32N2O5. The maximum atomic E-state index is 12.5. The first-order valence-corrected chi connectivity index (χ1v) is 10.3. The van der Waals surface area contributed by atoms with E-state index in [0.29, 0.717) is 18.0 Å². The minimum Gasteiger partial charge on any atom is -0.493 e. The molecule has 160 valence electrons. The molecule has 0 spiro atoms. The molecule has 1 heterocycles. The molecule has 1 saturated carbocycles. The molecule has 2 amide bonds. The summed E-state index contributed by atoms with van der Waals surface area (Å²) in [5.74, 6) is 0.233. The number of benzene rings is 1. The fraction of sp³-hybridized carbons (Fsp3) is 0.636. The van der Waals surface area contributed by atoms with Gasteiger partial charge in [-0.2, -0.15) is 0 Å². The molecule has 3 rings (SSSR count). The van der Waals surface area contributed by atoms with Crippen molar-refractivity contribution in [3.8, 4) is 11.5 Å². The quantitative estimate of drug-likeness (QED) is 0.812. The minimum absolute atomic E-state index is 0.188. The largest absolute Gasteiger partial charge is 0.493 e. The van der Waals surface area contributed by atoms with E-state index in [1.807, 2.05) is 39.0 Å². The van der Waals surface area contributed by atoms with Crippen molar-refractivity contribution in [1.29, 1.82) is 0 Å². The third-order valence-corrected chi connectivity index (χ3v) is 5.55. The topological polar surface area (TPSA) is 91.1 Å². The summed E-state index contributed by atoms with van der Waals surface area (Å²) in [7, 11) is 1.61. The summed E-state index contributed by atoms with van der Waals surface area (Å²) in [6.07, 6.45) is 4.17. The summed E-state index contributed by atoms with van der Waals surface area (Å²) >= 11 is 0. The monoisotopic (exact) mass is 404 g/mol. The van der Waals surface area contributed by atoms with Gasteiger partial charge in [0, 0.05) is 19.0 Å². The SMILES string of the molecule is COc1ccc(C2CN(C(=O)OC(C)(C)C)CC2C(N)=O)cc1OC1CCCC1. The molecule has 7 nitrogen and oxygen atoms in total. The van der Waals surface area contributed by atoms with Crippen LogP contribution in [0.1, 0.15) is 57.9 Å². The van der Waals surface area contributed by atoms with Gasteiger partial charge in [0.15, 0.2) is 11.5 Å². The van der Waals surface area contributed by atoms with Crippen LogP contribution in [0.25, 0.3) is 0 Å². The number of carbonyl (C=O) groups is 2. The highest BCUT2D eigenvalue weighted by Gasteiger charge is 2.41. The number of ether oxygens (including phenoxy) is 3. The third kappa shape index (κ3) is 5.14. The second-order valence-corrected chi connectivity index (χ2v) is 8.94. The van der Waals surface area contributed by atoms with Crippen LogP contribution in [-0.2, 0) is 9.53 Å². The molecule has 1 aliphatic heterocycles. The van der Waals surface area contributed by atoms with Crippen molar-refractivity contribution in [2.24, 2.45) is 11.7 Å². The van der Waals surface area contributed by atoms with Crippen LogP contribution in [0, 0.1) is 5.92 Å². The average molecular weight is 405 g/mol. The van der Waals surface area contributed by atoms with Crippen LogP contribution in [0.15, 0.2) is 18.2 Å². The van der Waals surface area contributed by atoms with Gasteiger partial charge >= 0.3 is 6.09 Å². The van der Waals surface area contributed by atoms with Crippen LogP contribution in [0.3, 0.4) is 0 Å². The molecule has 2 atom stereocenters. The summed E-state index contributed by atoms with van der Waals surface area (Å²) in [6.45, 7) is 6.08. The van der Waals surface area contributed by atoms with Gasteiger partial charge in [-0.3, -0.25) is 4.79 Å². The Morgan fingerprint density at radius 1 is 1.10 bits per heavy atom. The molecule has 1 aliphatic carbocycles. The molecular weight excluding hydrogens is 372 g/mol. The highest BCUT2D eigenvalue weighted by atomic mass is 16.6. The molecule has 0 aromatic heterocycles. The van der Waals surface area contributed by atoms with Crippen LogP contribution in [0.2, 0.25) is 0 Å². The zero-order valence-corrected chi connectivity index (χ0v) is 17.8. The molecule has 2 fully saturated rings. The molecule has 1 aromatic rings. The molecule has 29 heavy (non-hydrogen) atoms. The summed E-state index contributed by atoms with van der Waals surface area (Å²) < 4.78 is 17.1. The van der Waals surface area contributed by atoms with E-state index in [2.05, 4.69) is 0 Å². The minimum atomic E-state index is -0.597. The zero-order chi connectivity index (χ0) is 21.2. The van der Waals surface area contributed by atoms with Gasteiger partial charge in [0.05, 0.1) is 19.1 Å². The Morgan fingerprint density at radius 2 is 1.79 bits per heavy atom. The number of likely N-dealkylation sites (tertiary alicyclic amines) is 1. The van der Waals surface area contributed by atoms with Crippen LogP contribution in [0.5, 0.6) is 11.5 Å².